The molecule has 1 N–H and O–H groups in total. The molecule has 0 heterocycles. The number of hydrogen-bond acceptors (Lipinski definition) is 2. The molecule has 0 fully saturated rings. The predicted molar refractivity (Wildman–Crippen MR) is 86.8 cm³/mol. The lowest BCUT2D eigenvalue weighted by atomic mass is 10.1. The van der Waals surface area contributed by atoms with Crippen molar-refractivity contribution in [1.29, 1.82) is 0 Å². The number of hydrogen-bond donors (Lipinski definition) is 1. The third-order valence-electron chi connectivity index (χ3n) is 3.53. The predicted octanol–water partition coefficient (Wildman–Crippen LogP) is 4.65. The molecule has 2 aromatic rings. The van der Waals surface area contributed by atoms with Crippen LogP contribution in [0.2, 0.25) is 5.02 Å². The van der Waals surface area contributed by atoms with Crippen LogP contribution in [0.5, 0.6) is 5.75 Å². The fourth-order valence-corrected chi connectivity index (χ4v) is 2.34. The highest BCUT2D eigenvalue weighted by Crippen LogP contribution is 2.31. The Morgan fingerprint density at radius 2 is 1.80 bits per heavy atom. The van der Waals surface area contributed by atoms with Crippen molar-refractivity contribution in [3.05, 3.63) is 41.4 Å². The number of halogens is 1. The molecule has 2 nitrogen and oxygen atoms in total. The van der Waals surface area contributed by atoms with Gasteiger partial charge in [0.05, 0.1) is 0 Å². The van der Waals surface area contributed by atoms with Gasteiger partial charge in [-0.3, -0.25) is 0 Å². The van der Waals surface area contributed by atoms with Crippen molar-refractivity contribution in [2.45, 2.75) is 39.3 Å². The van der Waals surface area contributed by atoms with Crippen molar-refractivity contribution in [2.24, 2.45) is 0 Å². The second kappa shape index (κ2) is 6.96. The largest absolute Gasteiger partial charge is 0.489 e. The van der Waals surface area contributed by atoms with E-state index in [2.05, 4.69) is 26.1 Å². The second-order valence-electron chi connectivity index (χ2n) is 5.24. The van der Waals surface area contributed by atoms with Gasteiger partial charge < -0.3 is 10.1 Å². The van der Waals surface area contributed by atoms with E-state index in [0.29, 0.717) is 6.04 Å². The first kappa shape index (κ1) is 15.1. The molecule has 0 aromatic heterocycles. The summed E-state index contributed by atoms with van der Waals surface area (Å²) in [4.78, 5) is 0. The van der Waals surface area contributed by atoms with Crippen molar-refractivity contribution in [2.75, 3.05) is 6.54 Å². The molecule has 2 aromatic carbocycles. The minimum Gasteiger partial charge on any atom is -0.489 e. The minimum absolute atomic E-state index is 0.119. The van der Waals surface area contributed by atoms with Gasteiger partial charge in [-0.2, -0.15) is 0 Å². The highest BCUT2D eigenvalue weighted by molar-refractivity contribution is 6.35. The van der Waals surface area contributed by atoms with Crippen LogP contribution in [0.4, 0.5) is 0 Å². The lowest BCUT2D eigenvalue weighted by molar-refractivity contribution is 0.214. The molecule has 0 spiro atoms. The second-order valence-corrected chi connectivity index (χ2v) is 5.64. The highest BCUT2D eigenvalue weighted by Gasteiger charge is 2.10. The topological polar surface area (TPSA) is 21.3 Å². The van der Waals surface area contributed by atoms with Gasteiger partial charge in [0.25, 0.3) is 0 Å². The molecule has 0 saturated carbocycles. The smallest absolute Gasteiger partial charge is 0.127 e. The van der Waals surface area contributed by atoms with Crippen LogP contribution < -0.4 is 10.1 Å². The summed E-state index contributed by atoms with van der Waals surface area (Å²) in [5, 5.41) is 6.32. The Morgan fingerprint density at radius 3 is 2.50 bits per heavy atom. The zero-order chi connectivity index (χ0) is 14.5. The molecule has 2 rings (SSSR count). The first-order valence-corrected chi connectivity index (χ1v) is 7.57. The van der Waals surface area contributed by atoms with E-state index in [0.717, 1.165) is 34.5 Å². The molecular weight excluding hydrogens is 270 g/mol. The van der Waals surface area contributed by atoms with E-state index in [1.54, 1.807) is 0 Å². The normalized spacial score (nSPS) is 14.2. The van der Waals surface area contributed by atoms with Gasteiger partial charge in [-0.25, -0.2) is 0 Å². The van der Waals surface area contributed by atoms with Gasteiger partial charge in [0.1, 0.15) is 11.9 Å². The summed E-state index contributed by atoms with van der Waals surface area (Å²) in [7, 11) is 0. The van der Waals surface area contributed by atoms with E-state index in [1.165, 1.54) is 0 Å². The Hall–Kier alpha value is -1.25. The van der Waals surface area contributed by atoms with Crippen LogP contribution >= 0.6 is 11.6 Å². The summed E-state index contributed by atoms with van der Waals surface area (Å²) >= 11 is 6.22. The Bertz CT molecular complexity index is 570. The molecule has 2 unspecified atom stereocenters. The fraction of sp³-hybridized carbons (Fsp3) is 0.412. The van der Waals surface area contributed by atoms with Crippen molar-refractivity contribution in [3.8, 4) is 5.75 Å². The molecule has 0 radical (unpaired) electrons. The van der Waals surface area contributed by atoms with E-state index < -0.39 is 0 Å². The van der Waals surface area contributed by atoms with Crippen LogP contribution in [0.15, 0.2) is 36.4 Å². The Kier molecular flexibility index (Phi) is 5.27. The maximum Gasteiger partial charge on any atom is 0.127 e. The average molecular weight is 292 g/mol. The Labute approximate surface area is 126 Å². The van der Waals surface area contributed by atoms with Gasteiger partial charge in [-0.15, -0.1) is 0 Å². The quantitative estimate of drug-likeness (QED) is 0.836. The van der Waals surface area contributed by atoms with E-state index in [-0.39, 0.29) is 6.10 Å². The molecule has 108 valence electrons. The van der Waals surface area contributed by atoms with E-state index in [4.69, 9.17) is 16.3 Å². The first-order valence-electron chi connectivity index (χ1n) is 7.19. The van der Waals surface area contributed by atoms with Crippen LogP contribution in [-0.4, -0.2) is 18.7 Å². The number of nitrogens with one attached hydrogen (secondary N) is 1. The van der Waals surface area contributed by atoms with Crippen molar-refractivity contribution in [3.63, 3.8) is 0 Å². The van der Waals surface area contributed by atoms with Crippen LogP contribution in [-0.2, 0) is 0 Å². The number of rotatable bonds is 6. The monoisotopic (exact) mass is 291 g/mol. The van der Waals surface area contributed by atoms with Crippen LogP contribution in [0.3, 0.4) is 0 Å². The number of fused-ring (bicyclic) bond motifs is 1. The van der Waals surface area contributed by atoms with E-state index in [9.17, 15) is 0 Å². The lowest BCUT2D eigenvalue weighted by Crippen LogP contribution is -2.34. The maximum atomic E-state index is 6.22. The SMILES string of the molecule is CCC(C)NCC(C)Oc1ccc(Cl)c2ccccc12. The maximum absolute atomic E-state index is 6.22. The average Bonchev–Trinajstić information content (AvgIpc) is 2.48. The van der Waals surface area contributed by atoms with Crippen molar-refractivity contribution < 1.29 is 4.74 Å². The molecule has 0 aliphatic heterocycles. The van der Waals surface area contributed by atoms with E-state index >= 15 is 0 Å². The molecule has 0 saturated heterocycles. The van der Waals surface area contributed by atoms with Crippen LogP contribution in [0.1, 0.15) is 27.2 Å². The van der Waals surface area contributed by atoms with Gasteiger partial charge in [0, 0.05) is 28.4 Å². The first-order chi connectivity index (χ1) is 9.61. The Morgan fingerprint density at radius 1 is 1.10 bits per heavy atom. The molecule has 20 heavy (non-hydrogen) atoms. The van der Waals surface area contributed by atoms with Crippen molar-refractivity contribution in [1.82, 2.24) is 5.32 Å². The fourth-order valence-electron chi connectivity index (χ4n) is 2.11. The third kappa shape index (κ3) is 3.65. The van der Waals surface area contributed by atoms with Gasteiger partial charge in [-0.1, -0.05) is 42.8 Å². The highest BCUT2D eigenvalue weighted by atomic mass is 35.5. The van der Waals surface area contributed by atoms with Crippen molar-refractivity contribution >= 4 is 22.4 Å². The summed E-state index contributed by atoms with van der Waals surface area (Å²) in [6, 6.07) is 12.4. The van der Waals surface area contributed by atoms with E-state index in [1.807, 2.05) is 36.4 Å². The molecule has 0 bridgehead atoms. The summed E-state index contributed by atoms with van der Waals surface area (Å²) in [6.07, 6.45) is 1.24. The third-order valence-corrected chi connectivity index (χ3v) is 3.85. The zero-order valence-electron chi connectivity index (χ0n) is 12.3. The standard InChI is InChI=1S/C17H22ClNO/c1-4-12(2)19-11-13(3)20-17-10-9-16(18)14-7-5-6-8-15(14)17/h5-10,12-13,19H,4,11H2,1-3H3. The molecule has 2 atom stereocenters. The van der Waals surface area contributed by atoms with Gasteiger partial charge in [0.15, 0.2) is 0 Å². The molecule has 0 aliphatic carbocycles. The van der Waals surface area contributed by atoms with Crippen LogP contribution in [0, 0.1) is 0 Å². The summed E-state index contributed by atoms with van der Waals surface area (Å²) in [5.41, 5.74) is 0. The minimum atomic E-state index is 0.119. The summed E-state index contributed by atoms with van der Waals surface area (Å²) in [5.74, 6) is 0.892. The zero-order valence-corrected chi connectivity index (χ0v) is 13.1. The van der Waals surface area contributed by atoms with Gasteiger partial charge in [-0.05, 0) is 32.4 Å². The molecule has 0 aliphatic rings. The molecule has 3 heteroatoms. The van der Waals surface area contributed by atoms with Gasteiger partial charge in [0.2, 0.25) is 0 Å². The summed E-state index contributed by atoms with van der Waals surface area (Å²) < 4.78 is 6.06. The molecular formula is C17H22ClNO. The van der Waals surface area contributed by atoms with Crippen LogP contribution in [0.25, 0.3) is 10.8 Å². The van der Waals surface area contributed by atoms with Gasteiger partial charge >= 0.3 is 0 Å². The Balaban J connectivity index is 2.12. The number of benzene rings is 2. The summed E-state index contributed by atoms with van der Waals surface area (Å²) in [6.45, 7) is 7.28. The lowest BCUT2D eigenvalue weighted by Gasteiger charge is -2.19. The number of ether oxygens (including phenoxy) is 1. The molecule has 0 amide bonds.